The molecule has 0 aromatic carbocycles. The highest BCUT2D eigenvalue weighted by atomic mass is 16.6. The molecule has 0 radical (unpaired) electrons. The summed E-state index contributed by atoms with van der Waals surface area (Å²) in [6.45, 7) is 9.60. The maximum Gasteiger partial charge on any atom is 0.312 e. The molecule has 2 N–H and O–H groups in total. The Kier molecular flexibility index (Phi) is 6.50. The molecule has 0 spiro atoms. The topological polar surface area (TPSA) is 119 Å². The average molecular weight is 521 g/mol. The molecule has 37 heavy (non-hydrogen) atoms. The molecular weight excluding hydrogens is 476 g/mol. The van der Waals surface area contributed by atoms with Crippen molar-refractivity contribution >= 4 is 17.9 Å². The Morgan fingerprint density at radius 3 is 2.30 bits per heavy atom. The number of hydrogen-bond acceptors (Lipinski definition) is 8. The van der Waals surface area contributed by atoms with Crippen molar-refractivity contribution in [1.82, 2.24) is 0 Å². The van der Waals surface area contributed by atoms with Crippen molar-refractivity contribution in [2.45, 2.75) is 128 Å². The van der Waals surface area contributed by atoms with E-state index in [0.717, 1.165) is 44.9 Å². The van der Waals surface area contributed by atoms with Crippen LogP contribution >= 0.6 is 0 Å². The lowest BCUT2D eigenvalue weighted by molar-refractivity contribution is -0.264. The van der Waals surface area contributed by atoms with Crippen LogP contribution in [0.3, 0.4) is 0 Å². The van der Waals surface area contributed by atoms with Crippen LogP contribution in [-0.2, 0) is 28.6 Å². The molecule has 8 heteroatoms. The fourth-order valence-corrected chi connectivity index (χ4v) is 8.32. The zero-order valence-electron chi connectivity index (χ0n) is 23.0. The second-order valence-corrected chi connectivity index (χ2v) is 13.9. The molecule has 208 valence electrons. The van der Waals surface area contributed by atoms with Gasteiger partial charge in [0.1, 0.15) is 17.8 Å². The third-order valence-electron chi connectivity index (χ3n) is 10.4. The van der Waals surface area contributed by atoms with Crippen molar-refractivity contribution in [3.8, 4) is 0 Å². The molecule has 1 aliphatic heterocycles. The van der Waals surface area contributed by atoms with Crippen LogP contribution in [-0.4, -0.2) is 57.1 Å². The molecule has 6 aliphatic carbocycles. The van der Waals surface area contributed by atoms with E-state index in [9.17, 15) is 24.6 Å². The van der Waals surface area contributed by atoms with E-state index in [4.69, 9.17) is 14.2 Å². The smallest absolute Gasteiger partial charge is 0.312 e. The standard InChI is InChI=1S/C16H26O4.C13H18O4/c1-4-13(2,3)12(17)20-16-7-11-5-14(18,9-16)8-15(19,6-11)10-16;1-3-6(2)12(14)16-10-7-4-8-9(5-7)13(15)17-11(8)10/h11,18-19H,4-10H2,1-3H3;6-11H,3-5H2,1-2H3. The number of aliphatic hydroxyl groups is 2. The zero-order valence-corrected chi connectivity index (χ0v) is 23.0. The number of esters is 3. The van der Waals surface area contributed by atoms with E-state index in [1.807, 2.05) is 34.6 Å². The van der Waals surface area contributed by atoms with Gasteiger partial charge in [0.05, 0.1) is 28.5 Å². The van der Waals surface area contributed by atoms with Crippen molar-refractivity contribution in [3.05, 3.63) is 0 Å². The Labute approximate surface area is 219 Å². The highest BCUT2D eigenvalue weighted by Gasteiger charge is 2.65. The molecule has 8 atom stereocenters. The first kappa shape index (κ1) is 26.9. The molecule has 1 saturated heterocycles. The van der Waals surface area contributed by atoms with E-state index < -0.39 is 22.2 Å². The quantitative estimate of drug-likeness (QED) is 0.402. The van der Waals surface area contributed by atoms with Gasteiger partial charge in [-0.05, 0) is 64.7 Å². The number of rotatable bonds is 6. The van der Waals surface area contributed by atoms with E-state index in [-0.39, 0.29) is 47.9 Å². The van der Waals surface area contributed by atoms with Crippen LogP contribution in [0, 0.1) is 35.0 Å². The Morgan fingerprint density at radius 2 is 1.73 bits per heavy atom. The summed E-state index contributed by atoms with van der Waals surface area (Å²) in [4.78, 5) is 35.8. The van der Waals surface area contributed by atoms with E-state index in [2.05, 4.69) is 0 Å². The van der Waals surface area contributed by atoms with Crippen molar-refractivity contribution in [3.63, 3.8) is 0 Å². The third-order valence-corrected chi connectivity index (χ3v) is 10.4. The van der Waals surface area contributed by atoms with Crippen LogP contribution in [0.5, 0.6) is 0 Å². The summed E-state index contributed by atoms with van der Waals surface area (Å²) in [5.41, 5.74) is -2.84. The SMILES string of the molecule is CCC(C)(C)C(=O)OC12CC3CC(O)(CC(O)(C3)C1)C2.CCC(C)C(=O)OC1C2CC3C(=O)OC1C3C2. The largest absolute Gasteiger partial charge is 0.458 e. The summed E-state index contributed by atoms with van der Waals surface area (Å²) >= 11 is 0. The average Bonchev–Trinajstić information content (AvgIpc) is 3.41. The predicted molar refractivity (Wildman–Crippen MR) is 133 cm³/mol. The second-order valence-electron chi connectivity index (χ2n) is 13.9. The van der Waals surface area contributed by atoms with Crippen LogP contribution in [0.25, 0.3) is 0 Å². The van der Waals surface area contributed by atoms with Gasteiger partial charge in [-0.25, -0.2) is 0 Å². The molecule has 0 amide bonds. The van der Waals surface area contributed by atoms with Crippen molar-refractivity contribution in [2.24, 2.45) is 35.0 Å². The van der Waals surface area contributed by atoms with Crippen molar-refractivity contribution in [1.29, 1.82) is 0 Å². The molecule has 7 rings (SSSR count). The van der Waals surface area contributed by atoms with Gasteiger partial charge in [0, 0.05) is 31.1 Å². The van der Waals surface area contributed by atoms with Gasteiger partial charge in [-0.15, -0.1) is 0 Å². The van der Waals surface area contributed by atoms with E-state index in [1.54, 1.807) is 0 Å². The van der Waals surface area contributed by atoms with Gasteiger partial charge in [-0.3, -0.25) is 14.4 Å². The number of fused-ring (bicyclic) bond motifs is 1. The number of carbonyl (C=O) groups excluding carboxylic acids is 3. The lowest BCUT2D eigenvalue weighted by Gasteiger charge is -2.62. The first-order valence-electron chi connectivity index (χ1n) is 14.3. The summed E-state index contributed by atoms with van der Waals surface area (Å²) in [5.74, 6) is 0.518. The summed E-state index contributed by atoms with van der Waals surface area (Å²) in [5, 5.41) is 21.3. The molecule has 7 fully saturated rings. The molecule has 6 saturated carbocycles. The van der Waals surface area contributed by atoms with E-state index in [0.29, 0.717) is 31.1 Å². The zero-order chi connectivity index (χ0) is 27.0. The minimum Gasteiger partial charge on any atom is -0.458 e. The van der Waals surface area contributed by atoms with Gasteiger partial charge in [0.2, 0.25) is 0 Å². The Morgan fingerprint density at radius 1 is 1.08 bits per heavy atom. The third kappa shape index (κ3) is 4.70. The molecule has 0 aromatic rings. The lowest BCUT2D eigenvalue weighted by atomic mass is 9.50. The van der Waals surface area contributed by atoms with E-state index >= 15 is 0 Å². The molecule has 1 heterocycles. The van der Waals surface area contributed by atoms with Gasteiger partial charge in [0.15, 0.2) is 0 Å². The second kappa shape index (κ2) is 8.94. The Balaban J connectivity index is 0.000000153. The van der Waals surface area contributed by atoms with Gasteiger partial charge in [0.25, 0.3) is 0 Å². The summed E-state index contributed by atoms with van der Waals surface area (Å²) in [6.07, 6.45) is 6.70. The highest BCUT2D eigenvalue weighted by Crippen LogP contribution is 2.61. The van der Waals surface area contributed by atoms with Crippen LogP contribution < -0.4 is 0 Å². The van der Waals surface area contributed by atoms with Crippen LogP contribution in [0.4, 0.5) is 0 Å². The van der Waals surface area contributed by atoms with Gasteiger partial charge < -0.3 is 24.4 Å². The Bertz CT molecular complexity index is 940. The normalized spacial score (nSPS) is 45.2. The first-order chi connectivity index (χ1) is 17.2. The molecule has 6 bridgehead atoms. The number of hydrogen-bond donors (Lipinski definition) is 2. The number of ether oxygens (including phenoxy) is 3. The Hall–Kier alpha value is -1.67. The minimum atomic E-state index is -0.842. The minimum absolute atomic E-state index is 0.0676. The molecule has 7 aliphatic rings. The summed E-state index contributed by atoms with van der Waals surface area (Å²) in [7, 11) is 0. The van der Waals surface area contributed by atoms with Gasteiger partial charge in [-0.1, -0.05) is 20.8 Å². The number of carbonyl (C=O) groups is 3. The fourth-order valence-electron chi connectivity index (χ4n) is 8.32. The van der Waals surface area contributed by atoms with E-state index in [1.165, 1.54) is 0 Å². The van der Waals surface area contributed by atoms with Crippen LogP contribution in [0.1, 0.15) is 98.8 Å². The summed E-state index contributed by atoms with van der Waals surface area (Å²) in [6, 6.07) is 0. The maximum atomic E-state index is 12.4. The monoisotopic (exact) mass is 520 g/mol. The maximum absolute atomic E-state index is 12.4. The van der Waals surface area contributed by atoms with Crippen molar-refractivity contribution in [2.75, 3.05) is 0 Å². The molecular formula is C29H44O8. The van der Waals surface area contributed by atoms with Crippen molar-refractivity contribution < 1.29 is 38.8 Å². The molecule has 0 aromatic heterocycles. The first-order valence-corrected chi connectivity index (χ1v) is 14.3. The molecule has 8 unspecified atom stereocenters. The highest BCUT2D eigenvalue weighted by molar-refractivity contribution is 5.77. The molecule has 8 nitrogen and oxygen atoms in total. The van der Waals surface area contributed by atoms with Crippen LogP contribution in [0.15, 0.2) is 0 Å². The summed E-state index contributed by atoms with van der Waals surface area (Å²) < 4.78 is 16.8. The van der Waals surface area contributed by atoms with Crippen LogP contribution in [0.2, 0.25) is 0 Å². The fraction of sp³-hybridized carbons (Fsp3) is 0.897. The lowest BCUT2D eigenvalue weighted by Crippen LogP contribution is -2.67. The van der Waals surface area contributed by atoms with Gasteiger partial charge >= 0.3 is 17.9 Å². The van der Waals surface area contributed by atoms with Gasteiger partial charge in [-0.2, -0.15) is 0 Å². The predicted octanol–water partition coefficient (Wildman–Crippen LogP) is 3.69.